The number of aliphatic hydroxyl groups excluding tert-OH is 1. The van der Waals surface area contributed by atoms with Crippen LogP contribution in [0.2, 0.25) is 0 Å². The van der Waals surface area contributed by atoms with Crippen molar-refractivity contribution in [2.45, 2.75) is 208 Å². The zero-order valence-electron chi connectivity index (χ0n) is 32.4. The molecule has 0 fully saturated rings. The van der Waals surface area contributed by atoms with Gasteiger partial charge in [-0.25, -0.2) is 0 Å². The number of aliphatic hydroxyl groups is 1. The fourth-order valence-electron chi connectivity index (χ4n) is 5.58. The van der Waals surface area contributed by atoms with E-state index in [9.17, 15) is 4.79 Å². The number of ether oxygens (including phenoxy) is 1. The first-order valence-corrected chi connectivity index (χ1v) is 19.8. The van der Waals surface area contributed by atoms with Gasteiger partial charge in [-0.3, -0.25) is 4.79 Å². The number of unbranched alkanes of at least 4 members (excludes halogenated alkanes) is 22. The molecule has 0 heterocycles. The molecular weight excluding hydrogens is 556 g/mol. The summed E-state index contributed by atoms with van der Waals surface area (Å²) in [6, 6.07) is 0. The number of nitrogens with one attached hydrogen (secondary N) is 1. The molecule has 0 aliphatic heterocycles. The van der Waals surface area contributed by atoms with Crippen molar-refractivity contribution in [2.24, 2.45) is 5.92 Å². The lowest BCUT2D eigenvalue weighted by Crippen LogP contribution is -2.36. The van der Waals surface area contributed by atoms with E-state index >= 15 is 0 Å². The average molecular weight is 643 g/mol. The van der Waals surface area contributed by atoms with Gasteiger partial charge in [-0.15, -0.1) is 0 Å². The quantitative estimate of drug-likeness (QED) is 0.0552. The molecule has 0 rings (SSSR count). The lowest BCUT2D eigenvalue weighted by Gasteiger charge is -2.25. The van der Waals surface area contributed by atoms with Crippen LogP contribution >= 0.6 is 0 Å². The predicted molar refractivity (Wildman–Crippen MR) is 201 cm³/mol. The molecule has 0 radical (unpaired) electrons. The predicted octanol–water partition coefficient (Wildman–Crippen LogP) is 11.5. The highest BCUT2D eigenvalue weighted by atomic mass is 16.5. The van der Waals surface area contributed by atoms with E-state index in [1.807, 2.05) is 11.9 Å². The fourth-order valence-corrected chi connectivity index (χ4v) is 5.58. The Morgan fingerprint density at radius 1 is 0.622 bits per heavy atom. The van der Waals surface area contributed by atoms with Crippen LogP contribution in [0.3, 0.4) is 0 Å². The molecular formula is C40H86N2O3. The molecule has 0 aromatic rings. The average Bonchev–Trinajstić information content (AvgIpc) is 3.02. The van der Waals surface area contributed by atoms with Crippen LogP contribution in [0.5, 0.6) is 0 Å². The number of likely N-dealkylation sites (N-methyl/N-ethyl adjacent to an activating group) is 1. The summed E-state index contributed by atoms with van der Waals surface area (Å²) in [5.74, 6) is 0.732. The van der Waals surface area contributed by atoms with Crippen LogP contribution in [-0.2, 0) is 9.53 Å². The van der Waals surface area contributed by atoms with E-state index in [1.165, 1.54) is 154 Å². The summed E-state index contributed by atoms with van der Waals surface area (Å²) >= 11 is 0. The van der Waals surface area contributed by atoms with Gasteiger partial charge in [-0.1, -0.05) is 169 Å². The minimum Gasteiger partial charge on any atom is -0.400 e. The Kier molecular flexibility index (Phi) is 44.8. The van der Waals surface area contributed by atoms with Crippen LogP contribution in [0.1, 0.15) is 202 Å². The lowest BCUT2D eigenvalue weighted by atomic mass is 10.0. The van der Waals surface area contributed by atoms with Crippen molar-refractivity contribution in [2.75, 3.05) is 40.4 Å². The van der Waals surface area contributed by atoms with E-state index in [2.05, 4.69) is 46.9 Å². The topological polar surface area (TPSA) is 61.8 Å². The Balaban J connectivity index is -0.00000105. The van der Waals surface area contributed by atoms with Gasteiger partial charge in [-0.2, -0.15) is 0 Å². The van der Waals surface area contributed by atoms with Crippen molar-refractivity contribution >= 4 is 6.41 Å². The molecule has 2 N–H and O–H groups in total. The largest absolute Gasteiger partial charge is 0.400 e. The Morgan fingerprint density at radius 3 is 1.20 bits per heavy atom. The monoisotopic (exact) mass is 643 g/mol. The highest BCUT2D eigenvalue weighted by molar-refractivity contribution is 5.46. The third kappa shape index (κ3) is 45.5. The zero-order chi connectivity index (χ0) is 34.3. The molecule has 5 heteroatoms. The van der Waals surface area contributed by atoms with Crippen molar-refractivity contribution in [3.8, 4) is 0 Å². The molecule has 0 aromatic carbocycles. The van der Waals surface area contributed by atoms with Crippen molar-refractivity contribution in [1.82, 2.24) is 10.2 Å². The Bertz CT molecular complexity index is 500. The molecule has 0 aliphatic carbocycles. The molecule has 0 unspecified atom stereocenters. The number of rotatable bonds is 33. The molecule has 0 spiro atoms. The second-order valence-corrected chi connectivity index (χ2v) is 14.2. The molecule has 0 bridgehead atoms. The number of amides is 1. The number of nitrogens with zero attached hydrogens (tertiary/aromatic N) is 1. The van der Waals surface area contributed by atoms with Crippen LogP contribution in [-0.4, -0.2) is 62.4 Å². The van der Waals surface area contributed by atoms with Gasteiger partial charge in [0.1, 0.15) is 0 Å². The molecule has 1 amide bonds. The summed E-state index contributed by atoms with van der Waals surface area (Å²) in [4.78, 5) is 13.3. The summed E-state index contributed by atoms with van der Waals surface area (Å²) in [6.45, 7) is 17.0. The third-order valence-electron chi connectivity index (χ3n) is 8.54. The van der Waals surface area contributed by atoms with Gasteiger partial charge in [0, 0.05) is 33.4 Å². The maximum absolute atomic E-state index is 11.3. The van der Waals surface area contributed by atoms with E-state index in [0.717, 1.165) is 52.1 Å². The summed E-state index contributed by atoms with van der Waals surface area (Å²) in [5, 5.41) is 10.1. The van der Waals surface area contributed by atoms with E-state index in [4.69, 9.17) is 9.84 Å². The van der Waals surface area contributed by atoms with E-state index < -0.39 is 0 Å². The second kappa shape index (κ2) is 41.4. The molecule has 0 saturated carbocycles. The number of carbonyl (C=O) groups is 1. The van der Waals surface area contributed by atoms with Gasteiger partial charge < -0.3 is 20.1 Å². The third-order valence-corrected chi connectivity index (χ3v) is 8.54. The molecule has 0 aromatic heterocycles. The van der Waals surface area contributed by atoms with Crippen LogP contribution in [0.4, 0.5) is 0 Å². The minimum atomic E-state index is -0.0242. The van der Waals surface area contributed by atoms with E-state index in [0.29, 0.717) is 0 Å². The van der Waals surface area contributed by atoms with E-state index in [-0.39, 0.29) is 5.60 Å². The summed E-state index contributed by atoms with van der Waals surface area (Å²) in [5.41, 5.74) is -0.0242. The van der Waals surface area contributed by atoms with Crippen molar-refractivity contribution in [3.05, 3.63) is 0 Å². The van der Waals surface area contributed by atoms with Gasteiger partial charge in [0.25, 0.3) is 0 Å². The summed E-state index contributed by atoms with van der Waals surface area (Å²) in [7, 11) is 2.95. The maximum atomic E-state index is 11.3. The van der Waals surface area contributed by atoms with Crippen LogP contribution < -0.4 is 5.32 Å². The number of hydrogen-bond acceptors (Lipinski definition) is 4. The Hall–Kier alpha value is -0.650. The van der Waals surface area contributed by atoms with Crippen molar-refractivity contribution in [3.63, 3.8) is 0 Å². The molecule has 274 valence electrons. The molecule has 5 nitrogen and oxygen atoms in total. The zero-order valence-corrected chi connectivity index (χ0v) is 32.4. The molecule has 45 heavy (non-hydrogen) atoms. The SMILES string of the molecule is CCCCCCCCCCCCCCN(C=O)CCCCCCCCCCCCCC.CNCC(C)(C)OCCC(C)C.CO. The molecule has 0 aliphatic rings. The Labute approximate surface area is 284 Å². The first-order chi connectivity index (χ1) is 21.8. The first kappa shape index (κ1) is 48.7. The highest BCUT2D eigenvalue weighted by Crippen LogP contribution is 2.14. The molecule has 0 saturated heterocycles. The van der Waals surface area contributed by atoms with Crippen molar-refractivity contribution < 1.29 is 14.6 Å². The lowest BCUT2D eigenvalue weighted by molar-refractivity contribution is -0.118. The minimum absolute atomic E-state index is 0.0242. The van der Waals surface area contributed by atoms with Gasteiger partial charge >= 0.3 is 0 Å². The number of hydrogen-bond donors (Lipinski definition) is 2. The van der Waals surface area contributed by atoms with Gasteiger partial charge in [0.05, 0.1) is 5.60 Å². The normalized spacial score (nSPS) is 11.2. The standard InChI is InChI=1S/C29H59NO.C10H23NO.CH4O/c1-3-5-7-9-11-13-15-17-19-21-23-25-27-30(29-31)28-26-24-22-20-18-16-14-12-10-8-6-4-2;1-9(2)6-7-12-10(3,4)8-11-5;1-2/h29H,3-28H2,1-2H3;9,11H,6-8H2,1-5H3;2H,1H3. The van der Waals surface area contributed by atoms with Crippen molar-refractivity contribution in [1.29, 1.82) is 0 Å². The fraction of sp³-hybridized carbons (Fsp3) is 0.975. The Morgan fingerprint density at radius 2 is 0.933 bits per heavy atom. The molecule has 0 atom stereocenters. The summed E-state index contributed by atoms with van der Waals surface area (Å²) in [6.07, 6.45) is 35.3. The summed E-state index contributed by atoms with van der Waals surface area (Å²) < 4.78 is 5.72. The maximum Gasteiger partial charge on any atom is 0.209 e. The van der Waals surface area contributed by atoms with Gasteiger partial charge in [0.2, 0.25) is 6.41 Å². The van der Waals surface area contributed by atoms with Crippen LogP contribution in [0.15, 0.2) is 0 Å². The van der Waals surface area contributed by atoms with E-state index in [1.54, 1.807) is 0 Å². The van der Waals surface area contributed by atoms with Gasteiger partial charge in [0.15, 0.2) is 0 Å². The highest BCUT2D eigenvalue weighted by Gasteiger charge is 2.16. The number of carbonyl (C=O) groups excluding carboxylic acids is 1. The van der Waals surface area contributed by atoms with Crippen LogP contribution in [0, 0.1) is 5.92 Å². The first-order valence-electron chi connectivity index (χ1n) is 19.8. The smallest absolute Gasteiger partial charge is 0.209 e. The van der Waals surface area contributed by atoms with Gasteiger partial charge in [-0.05, 0) is 46.1 Å². The second-order valence-electron chi connectivity index (χ2n) is 14.2. The van der Waals surface area contributed by atoms with Crippen LogP contribution in [0.25, 0.3) is 0 Å².